The van der Waals surface area contributed by atoms with E-state index in [2.05, 4.69) is 19.6 Å². The summed E-state index contributed by atoms with van der Waals surface area (Å²) in [5, 5.41) is 29.0. The van der Waals surface area contributed by atoms with Crippen molar-refractivity contribution in [3.05, 3.63) is 22.5 Å². The standard InChI is InChI=1S/C6H2N4O4/c11-9-4-2-1-3-6(5(4)8-14-9)10(12)13-7-3/h1-2H. The first-order chi connectivity index (χ1) is 6.77. The highest BCUT2D eigenvalue weighted by Gasteiger charge is 2.22. The summed E-state index contributed by atoms with van der Waals surface area (Å²) in [5.74, 6) is 0. The number of rotatable bonds is 0. The van der Waals surface area contributed by atoms with Gasteiger partial charge in [-0.1, -0.05) is 0 Å². The maximum absolute atomic E-state index is 11.1. The van der Waals surface area contributed by atoms with Crippen molar-refractivity contribution >= 4 is 22.1 Å². The molecule has 0 unspecified atom stereocenters. The maximum Gasteiger partial charge on any atom is 0.303 e. The second kappa shape index (κ2) is 2.10. The van der Waals surface area contributed by atoms with Crippen LogP contribution in [0.5, 0.6) is 0 Å². The molecule has 3 aromatic rings. The molecule has 0 N–H and O–H groups in total. The van der Waals surface area contributed by atoms with Crippen LogP contribution in [0.15, 0.2) is 21.4 Å². The lowest BCUT2D eigenvalue weighted by Crippen LogP contribution is -2.24. The molecule has 0 aliphatic carbocycles. The summed E-state index contributed by atoms with van der Waals surface area (Å²) < 4.78 is 8.69. The van der Waals surface area contributed by atoms with Crippen LogP contribution in [-0.4, -0.2) is 10.3 Å². The van der Waals surface area contributed by atoms with Crippen molar-refractivity contribution in [3.63, 3.8) is 0 Å². The molecule has 0 radical (unpaired) electrons. The molecule has 0 atom stereocenters. The zero-order chi connectivity index (χ0) is 9.71. The number of nitrogens with zero attached hydrogens (tertiary/aromatic N) is 4. The smallest absolute Gasteiger partial charge is 0.303 e. The first kappa shape index (κ1) is 7.06. The van der Waals surface area contributed by atoms with Gasteiger partial charge in [-0.15, -0.1) is 0 Å². The Morgan fingerprint density at radius 3 is 2.71 bits per heavy atom. The number of aromatic nitrogens is 4. The fraction of sp³-hybridized carbons (Fsp3) is 0. The van der Waals surface area contributed by atoms with E-state index in [1.807, 2.05) is 0 Å². The molecular weight excluding hydrogens is 192 g/mol. The van der Waals surface area contributed by atoms with Crippen LogP contribution in [0.1, 0.15) is 0 Å². The van der Waals surface area contributed by atoms with E-state index in [1.165, 1.54) is 12.1 Å². The Labute approximate surface area is 75.0 Å². The van der Waals surface area contributed by atoms with Gasteiger partial charge >= 0.3 is 5.52 Å². The van der Waals surface area contributed by atoms with Crippen LogP contribution in [0.2, 0.25) is 0 Å². The summed E-state index contributed by atoms with van der Waals surface area (Å²) in [5.41, 5.74) is 0.696. The summed E-state index contributed by atoms with van der Waals surface area (Å²) in [6.45, 7) is 0. The third kappa shape index (κ3) is 0.672. The summed E-state index contributed by atoms with van der Waals surface area (Å²) in [7, 11) is 0. The Morgan fingerprint density at radius 1 is 1.07 bits per heavy atom. The van der Waals surface area contributed by atoms with Gasteiger partial charge in [0, 0.05) is 11.2 Å². The Hall–Kier alpha value is -2.38. The minimum absolute atomic E-state index is 0.0841. The molecule has 14 heavy (non-hydrogen) atoms. The number of hydrogen-bond acceptors (Lipinski definition) is 6. The number of benzene rings is 1. The van der Waals surface area contributed by atoms with Crippen molar-refractivity contribution in [2.45, 2.75) is 0 Å². The van der Waals surface area contributed by atoms with E-state index >= 15 is 0 Å². The monoisotopic (exact) mass is 194 g/mol. The molecular formula is C6H2N4O4. The zero-order valence-corrected chi connectivity index (χ0v) is 6.58. The minimum atomic E-state index is 0.0841. The predicted molar refractivity (Wildman–Crippen MR) is 39.5 cm³/mol. The molecule has 3 rings (SSSR count). The van der Waals surface area contributed by atoms with Crippen molar-refractivity contribution in [2.24, 2.45) is 0 Å². The quantitative estimate of drug-likeness (QED) is 0.435. The van der Waals surface area contributed by atoms with Gasteiger partial charge in [0.1, 0.15) is 0 Å². The normalized spacial score (nSPS) is 11.4. The molecule has 0 spiro atoms. The average Bonchev–Trinajstić information content (AvgIpc) is 2.72. The van der Waals surface area contributed by atoms with Crippen LogP contribution in [-0.2, 0) is 0 Å². The maximum atomic E-state index is 11.1. The van der Waals surface area contributed by atoms with Crippen LogP contribution < -0.4 is 9.81 Å². The molecule has 2 heterocycles. The summed E-state index contributed by atoms with van der Waals surface area (Å²) in [6.07, 6.45) is 0. The highest BCUT2D eigenvalue weighted by Crippen LogP contribution is 2.16. The van der Waals surface area contributed by atoms with Crippen molar-refractivity contribution in [3.8, 4) is 0 Å². The van der Waals surface area contributed by atoms with Gasteiger partial charge in [-0.05, 0) is 15.9 Å². The molecule has 0 fully saturated rings. The third-order valence-electron chi connectivity index (χ3n) is 1.91. The van der Waals surface area contributed by atoms with Gasteiger partial charge < -0.3 is 10.4 Å². The minimum Gasteiger partial charge on any atom is -0.359 e. The molecule has 0 amide bonds. The lowest BCUT2D eigenvalue weighted by molar-refractivity contribution is -0.782. The first-order valence-corrected chi connectivity index (χ1v) is 3.65. The van der Waals surface area contributed by atoms with E-state index in [4.69, 9.17) is 0 Å². The third-order valence-corrected chi connectivity index (χ3v) is 1.91. The highest BCUT2D eigenvalue weighted by atomic mass is 16.8. The second-order valence-corrected chi connectivity index (χ2v) is 2.66. The Kier molecular flexibility index (Phi) is 1.06. The fourth-order valence-electron chi connectivity index (χ4n) is 1.29. The van der Waals surface area contributed by atoms with Crippen molar-refractivity contribution in [1.29, 1.82) is 0 Å². The summed E-state index contributed by atoms with van der Waals surface area (Å²) >= 11 is 0. The highest BCUT2D eigenvalue weighted by molar-refractivity contribution is 5.95. The van der Waals surface area contributed by atoms with Gasteiger partial charge in [-0.2, -0.15) is 0 Å². The van der Waals surface area contributed by atoms with Gasteiger partial charge in [-0.25, -0.2) is 0 Å². The molecule has 1 aromatic carbocycles. The molecule has 2 aromatic heterocycles. The van der Waals surface area contributed by atoms with E-state index in [0.717, 1.165) is 0 Å². The van der Waals surface area contributed by atoms with Crippen LogP contribution in [0.3, 0.4) is 0 Å². The first-order valence-electron chi connectivity index (χ1n) is 3.65. The van der Waals surface area contributed by atoms with E-state index in [9.17, 15) is 10.4 Å². The largest absolute Gasteiger partial charge is 0.359 e. The second-order valence-electron chi connectivity index (χ2n) is 2.66. The van der Waals surface area contributed by atoms with Gasteiger partial charge in [0.05, 0.1) is 5.16 Å². The van der Waals surface area contributed by atoms with Gasteiger partial charge in [0.15, 0.2) is 0 Å². The van der Waals surface area contributed by atoms with Crippen molar-refractivity contribution < 1.29 is 19.1 Å². The molecule has 0 bridgehead atoms. The fourth-order valence-corrected chi connectivity index (χ4v) is 1.29. The van der Waals surface area contributed by atoms with E-state index in [1.54, 1.807) is 0 Å². The Bertz CT molecular complexity index is 627. The van der Waals surface area contributed by atoms with Gasteiger partial charge in [-0.3, -0.25) is 9.26 Å². The number of fused-ring (bicyclic) bond motifs is 3. The Morgan fingerprint density at radius 2 is 1.86 bits per heavy atom. The molecule has 8 nitrogen and oxygen atoms in total. The van der Waals surface area contributed by atoms with Crippen molar-refractivity contribution in [2.75, 3.05) is 0 Å². The van der Waals surface area contributed by atoms with Crippen molar-refractivity contribution in [1.82, 2.24) is 10.3 Å². The summed E-state index contributed by atoms with van der Waals surface area (Å²) in [4.78, 5) is 0.391. The van der Waals surface area contributed by atoms with Crippen LogP contribution in [0.4, 0.5) is 0 Å². The van der Waals surface area contributed by atoms with Gasteiger partial charge in [0.25, 0.3) is 11.0 Å². The van der Waals surface area contributed by atoms with Gasteiger partial charge in [0.2, 0.25) is 5.52 Å². The lowest BCUT2D eigenvalue weighted by atomic mass is 10.3. The van der Waals surface area contributed by atoms with Crippen LogP contribution >= 0.6 is 0 Å². The number of hydrogen-bond donors (Lipinski definition) is 0. The molecule has 0 aliphatic heterocycles. The molecule has 70 valence electrons. The zero-order valence-electron chi connectivity index (χ0n) is 6.58. The SMILES string of the molecule is [O-][n+]1onc2c1ccc1no[n+]([O-])c12. The lowest BCUT2D eigenvalue weighted by Gasteiger charge is -1.84. The Balaban J connectivity index is 2.66. The molecule has 0 aliphatic rings. The molecule has 0 saturated carbocycles. The predicted octanol–water partition coefficient (Wildman–Crippen LogP) is -0.764. The van der Waals surface area contributed by atoms with Crippen LogP contribution in [0, 0.1) is 10.4 Å². The topological polar surface area (TPSA) is 106 Å². The van der Waals surface area contributed by atoms with E-state index < -0.39 is 0 Å². The molecule has 0 saturated heterocycles. The average molecular weight is 194 g/mol. The van der Waals surface area contributed by atoms with E-state index in [0.29, 0.717) is 5.52 Å². The molecule has 8 heteroatoms. The van der Waals surface area contributed by atoms with Crippen LogP contribution in [0.25, 0.3) is 22.1 Å². The van der Waals surface area contributed by atoms with E-state index in [-0.39, 0.29) is 26.4 Å². The summed E-state index contributed by atoms with van der Waals surface area (Å²) in [6, 6.07) is 2.92.